The Morgan fingerprint density at radius 1 is 1.30 bits per heavy atom. The maximum atomic E-state index is 12.7. The summed E-state index contributed by atoms with van der Waals surface area (Å²) in [4.78, 5) is 26.2. The van der Waals surface area contributed by atoms with Crippen molar-refractivity contribution in [2.24, 2.45) is 0 Å². The number of benzene rings is 1. The fraction of sp³-hybridized carbons (Fsp3) is 0.412. The Kier molecular flexibility index (Phi) is 6.93. The third-order valence-corrected chi connectivity index (χ3v) is 3.42. The highest BCUT2D eigenvalue weighted by atomic mass is 35.5. The highest BCUT2D eigenvalue weighted by Gasteiger charge is 2.32. The Hall–Kier alpha value is -1.70. The zero-order chi connectivity index (χ0) is 17.6. The van der Waals surface area contributed by atoms with Gasteiger partial charge in [0.25, 0.3) is 0 Å². The SMILES string of the molecule is C#CCN(C(=O)CCl)C(C(=O)NC(C)(C)C)c1ccc(Cl)cc1. The van der Waals surface area contributed by atoms with E-state index in [9.17, 15) is 9.59 Å². The highest BCUT2D eigenvalue weighted by molar-refractivity contribution is 6.30. The van der Waals surface area contributed by atoms with Crippen LogP contribution in [0.2, 0.25) is 5.02 Å². The lowest BCUT2D eigenvalue weighted by Crippen LogP contribution is -2.49. The Morgan fingerprint density at radius 2 is 1.87 bits per heavy atom. The van der Waals surface area contributed by atoms with E-state index in [0.29, 0.717) is 10.6 Å². The molecule has 124 valence electrons. The summed E-state index contributed by atoms with van der Waals surface area (Å²) in [6, 6.07) is 5.84. The van der Waals surface area contributed by atoms with Crippen LogP contribution in [0.25, 0.3) is 0 Å². The summed E-state index contributed by atoms with van der Waals surface area (Å²) in [5.41, 5.74) is 0.165. The summed E-state index contributed by atoms with van der Waals surface area (Å²) < 4.78 is 0. The number of rotatable bonds is 5. The molecule has 0 spiro atoms. The van der Waals surface area contributed by atoms with E-state index < -0.39 is 17.5 Å². The Balaban J connectivity index is 3.29. The number of alkyl halides is 1. The van der Waals surface area contributed by atoms with Gasteiger partial charge >= 0.3 is 0 Å². The largest absolute Gasteiger partial charge is 0.349 e. The van der Waals surface area contributed by atoms with E-state index in [4.69, 9.17) is 29.6 Å². The third-order valence-electron chi connectivity index (χ3n) is 2.94. The van der Waals surface area contributed by atoms with E-state index in [1.54, 1.807) is 24.3 Å². The van der Waals surface area contributed by atoms with Gasteiger partial charge in [0.05, 0.1) is 6.54 Å². The molecule has 1 aromatic rings. The van der Waals surface area contributed by atoms with E-state index in [-0.39, 0.29) is 18.3 Å². The van der Waals surface area contributed by atoms with Crippen molar-refractivity contribution in [2.75, 3.05) is 12.4 Å². The van der Waals surface area contributed by atoms with Gasteiger partial charge in [-0.1, -0.05) is 29.7 Å². The number of hydrogen-bond acceptors (Lipinski definition) is 2. The molecule has 0 aliphatic carbocycles. The third kappa shape index (κ3) is 5.78. The van der Waals surface area contributed by atoms with Crippen molar-refractivity contribution in [3.8, 4) is 12.3 Å². The zero-order valence-electron chi connectivity index (χ0n) is 13.4. The van der Waals surface area contributed by atoms with Crippen LogP contribution in [0.15, 0.2) is 24.3 Å². The van der Waals surface area contributed by atoms with Crippen LogP contribution in [0.1, 0.15) is 32.4 Å². The summed E-state index contributed by atoms with van der Waals surface area (Å²) in [7, 11) is 0. The molecule has 1 aromatic carbocycles. The second-order valence-electron chi connectivity index (χ2n) is 6.05. The van der Waals surface area contributed by atoms with E-state index in [0.717, 1.165) is 0 Å². The first-order valence-electron chi connectivity index (χ1n) is 7.06. The van der Waals surface area contributed by atoms with E-state index in [2.05, 4.69) is 11.2 Å². The lowest BCUT2D eigenvalue weighted by Gasteiger charge is -2.32. The molecule has 4 nitrogen and oxygen atoms in total. The quantitative estimate of drug-likeness (QED) is 0.652. The van der Waals surface area contributed by atoms with Gasteiger partial charge in [-0.3, -0.25) is 9.59 Å². The van der Waals surface area contributed by atoms with Crippen LogP contribution in [0.4, 0.5) is 0 Å². The van der Waals surface area contributed by atoms with Crippen molar-refractivity contribution in [3.05, 3.63) is 34.9 Å². The van der Waals surface area contributed by atoms with Crippen LogP contribution in [0, 0.1) is 12.3 Å². The van der Waals surface area contributed by atoms with Crippen LogP contribution < -0.4 is 5.32 Å². The second kappa shape index (κ2) is 8.24. The van der Waals surface area contributed by atoms with Crippen molar-refractivity contribution in [1.29, 1.82) is 0 Å². The van der Waals surface area contributed by atoms with E-state index >= 15 is 0 Å². The van der Waals surface area contributed by atoms with Crippen molar-refractivity contribution in [2.45, 2.75) is 32.4 Å². The lowest BCUT2D eigenvalue weighted by atomic mass is 10.0. The second-order valence-corrected chi connectivity index (χ2v) is 6.76. The molecule has 6 heteroatoms. The maximum Gasteiger partial charge on any atom is 0.247 e. The van der Waals surface area contributed by atoms with Crippen LogP contribution in [0.5, 0.6) is 0 Å². The predicted molar refractivity (Wildman–Crippen MR) is 93.4 cm³/mol. The van der Waals surface area contributed by atoms with Gasteiger partial charge in [0.15, 0.2) is 0 Å². The average Bonchev–Trinajstić information content (AvgIpc) is 2.46. The molecule has 0 heterocycles. The molecule has 0 aromatic heterocycles. The summed E-state index contributed by atoms with van der Waals surface area (Å²) >= 11 is 11.6. The van der Waals surface area contributed by atoms with E-state index in [1.807, 2.05) is 20.8 Å². The summed E-state index contributed by atoms with van der Waals surface area (Å²) in [5, 5.41) is 3.41. The molecule has 0 radical (unpaired) electrons. The standard InChI is InChI=1S/C17H20Cl2N2O2/c1-5-10-21(14(22)11-18)15(16(23)20-17(2,3)4)12-6-8-13(19)9-7-12/h1,6-9,15H,10-11H2,2-4H3,(H,20,23). The fourth-order valence-electron chi connectivity index (χ4n) is 2.05. The normalized spacial score (nSPS) is 12.2. The molecule has 1 rings (SSSR count). The van der Waals surface area contributed by atoms with Crippen LogP contribution in [0.3, 0.4) is 0 Å². The molecule has 2 amide bonds. The number of nitrogens with zero attached hydrogens (tertiary/aromatic N) is 1. The molecule has 0 aliphatic heterocycles. The van der Waals surface area contributed by atoms with Gasteiger partial charge in [-0.25, -0.2) is 0 Å². The summed E-state index contributed by atoms with van der Waals surface area (Å²) in [6.07, 6.45) is 5.35. The minimum Gasteiger partial charge on any atom is -0.349 e. The van der Waals surface area contributed by atoms with Gasteiger partial charge in [-0.05, 0) is 38.5 Å². The first-order chi connectivity index (χ1) is 10.7. The number of carbonyl (C=O) groups excluding carboxylic acids is 2. The molecular formula is C17H20Cl2N2O2. The number of terminal acetylenes is 1. The van der Waals surface area contributed by atoms with Crippen molar-refractivity contribution < 1.29 is 9.59 Å². The minimum absolute atomic E-state index is 0.0175. The molecule has 0 saturated heterocycles. The van der Waals surface area contributed by atoms with Gasteiger partial charge in [-0.15, -0.1) is 18.0 Å². The first-order valence-corrected chi connectivity index (χ1v) is 7.97. The van der Waals surface area contributed by atoms with Crippen molar-refractivity contribution in [1.82, 2.24) is 10.2 Å². The molecule has 0 saturated carbocycles. The number of amides is 2. The predicted octanol–water partition coefficient (Wildman–Crippen LogP) is 3.00. The average molecular weight is 355 g/mol. The Labute approximate surface area is 147 Å². The molecule has 1 unspecified atom stereocenters. The molecule has 0 bridgehead atoms. The maximum absolute atomic E-state index is 12.7. The number of nitrogens with one attached hydrogen (secondary N) is 1. The number of hydrogen-bond donors (Lipinski definition) is 1. The number of carbonyl (C=O) groups is 2. The van der Waals surface area contributed by atoms with Gasteiger partial charge < -0.3 is 10.2 Å². The molecule has 1 atom stereocenters. The van der Waals surface area contributed by atoms with Gasteiger partial charge in [0.1, 0.15) is 11.9 Å². The van der Waals surface area contributed by atoms with Crippen LogP contribution in [-0.2, 0) is 9.59 Å². The Bertz CT molecular complexity index is 601. The molecule has 23 heavy (non-hydrogen) atoms. The highest BCUT2D eigenvalue weighted by Crippen LogP contribution is 2.24. The first kappa shape index (κ1) is 19.3. The van der Waals surface area contributed by atoms with E-state index in [1.165, 1.54) is 4.90 Å². The van der Waals surface area contributed by atoms with Crippen molar-refractivity contribution in [3.63, 3.8) is 0 Å². The van der Waals surface area contributed by atoms with Crippen LogP contribution in [-0.4, -0.2) is 34.7 Å². The van der Waals surface area contributed by atoms with Crippen molar-refractivity contribution >= 4 is 35.0 Å². The lowest BCUT2D eigenvalue weighted by molar-refractivity contribution is -0.139. The summed E-state index contributed by atoms with van der Waals surface area (Å²) in [5.74, 6) is 1.41. The number of halogens is 2. The fourth-order valence-corrected chi connectivity index (χ4v) is 2.33. The van der Waals surface area contributed by atoms with Gasteiger partial charge in [-0.2, -0.15) is 0 Å². The summed E-state index contributed by atoms with van der Waals surface area (Å²) in [6.45, 7) is 5.56. The Morgan fingerprint density at radius 3 is 2.30 bits per heavy atom. The molecule has 0 fully saturated rings. The molecular weight excluding hydrogens is 335 g/mol. The smallest absolute Gasteiger partial charge is 0.247 e. The zero-order valence-corrected chi connectivity index (χ0v) is 14.9. The molecule has 0 aliphatic rings. The molecule has 1 N–H and O–H groups in total. The minimum atomic E-state index is -0.867. The van der Waals surface area contributed by atoms with Crippen LogP contribution >= 0.6 is 23.2 Å². The van der Waals surface area contributed by atoms with Gasteiger partial charge in [0, 0.05) is 10.6 Å². The van der Waals surface area contributed by atoms with Gasteiger partial charge in [0.2, 0.25) is 11.8 Å². The topological polar surface area (TPSA) is 49.4 Å². The monoisotopic (exact) mass is 354 g/mol.